The molecule has 0 spiro atoms. The van der Waals surface area contributed by atoms with E-state index in [1.165, 1.54) is 0 Å². The molecule has 0 aliphatic carbocycles. The molecule has 17 heavy (non-hydrogen) atoms. The van der Waals surface area contributed by atoms with Crippen molar-refractivity contribution < 1.29 is 14.5 Å². The standard InChI is InChI=1S/C11H15ClN2O3/c1-3-16-17-8-11(12)14-13-9-4-6-10(15-2)7-5-9/h4-7,13H,3,8H2,1-2H3/b14-11-. The smallest absolute Gasteiger partial charge is 0.155 e. The zero-order valence-corrected chi connectivity index (χ0v) is 10.5. The average Bonchev–Trinajstić information content (AvgIpc) is 2.37. The van der Waals surface area contributed by atoms with Gasteiger partial charge in [0.15, 0.2) is 5.17 Å². The Labute approximate surface area is 105 Å². The molecule has 0 atom stereocenters. The minimum absolute atomic E-state index is 0.110. The van der Waals surface area contributed by atoms with Gasteiger partial charge in [-0.1, -0.05) is 11.6 Å². The molecule has 6 heteroatoms. The Bertz CT molecular complexity index is 354. The zero-order chi connectivity index (χ0) is 12.5. The highest BCUT2D eigenvalue weighted by Crippen LogP contribution is 2.14. The lowest BCUT2D eigenvalue weighted by Crippen LogP contribution is -2.05. The molecule has 0 aromatic heterocycles. The van der Waals surface area contributed by atoms with E-state index in [0.29, 0.717) is 6.61 Å². The summed E-state index contributed by atoms with van der Waals surface area (Å²) in [7, 11) is 1.61. The van der Waals surface area contributed by atoms with Gasteiger partial charge in [-0.25, -0.2) is 9.78 Å². The Kier molecular flexibility index (Phi) is 6.39. The van der Waals surface area contributed by atoms with Crippen LogP contribution >= 0.6 is 11.6 Å². The molecular weight excluding hydrogens is 244 g/mol. The molecule has 0 saturated carbocycles. The Morgan fingerprint density at radius 1 is 1.29 bits per heavy atom. The van der Waals surface area contributed by atoms with E-state index in [1.54, 1.807) is 7.11 Å². The van der Waals surface area contributed by atoms with Crippen LogP contribution in [-0.4, -0.2) is 25.5 Å². The summed E-state index contributed by atoms with van der Waals surface area (Å²) >= 11 is 5.78. The molecular formula is C11H15ClN2O3. The van der Waals surface area contributed by atoms with Crippen LogP contribution in [0.25, 0.3) is 0 Å². The van der Waals surface area contributed by atoms with E-state index in [-0.39, 0.29) is 11.8 Å². The van der Waals surface area contributed by atoms with Gasteiger partial charge in [0, 0.05) is 0 Å². The van der Waals surface area contributed by atoms with Gasteiger partial charge in [-0.3, -0.25) is 5.43 Å². The first-order valence-electron chi connectivity index (χ1n) is 5.12. The van der Waals surface area contributed by atoms with E-state index in [4.69, 9.17) is 21.2 Å². The van der Waals surface area contributed by atoms with Crippen molar-refractivity contribution >= 4 is 22.5 Å². The maximum Gasteiger partial charge on any atom is 0.155 e. The lowest BCUT2D eigenvalue weighted by atomic mass is 10.3. The second-order valence-electron chi connectivity index (χ2n) is 3.00. The fourth-order valence-electron chi connectivity index (χ4n) is 0.997. The van der Waals surface area contributed by atoms with Crippen LogP contribution in [0.15, 0.2) is 29.4 Å². The third kappa shape index (κ3) is 5.53. The van der Waals surface area contributed by atoms with Crippen LogP contribution in [0.1, 0.15) is 6.92 Å². The fraction of sp³-hybridized carbons (Fsp3) is 0.364. The molecule has 0 aliphatic heterocycles. The minimum atomic E-state index is 0.110. The van der Waals surface area contributed by atoms with Crippen LogP contribution in [0, 0.1) is 0 Å². The number of methoxy groups -OCH3 is 1. The molecule has 0 aliphatic rings. The molecule has 1 aromatic carbocycles. The van der Waals surface area contributed by atoms with Gasteiger partial charge < -0.3 is 4.74 Å². The van der Waals surface area contributed by atoms with Crippen molar-refractivity contribution in [1.29, 1.82) is 0 Å². The topological polar surface area (TPSA) is 52.1 Å². The lowest BCUT2D eigenvalue weighted by Gasteiger charge is -2.03. The molecule has 0 saturated heterocycles. The van der Waals surface area contributed by atoms with Crippen LogP contribution < -0.4 is 10.2 Å². The number of rotatable bonds is 7. The summed E-state index contributed by atoms with van der Waals surface area (Å²) in [5.41, 5.74) is 3.59. The highest BCUT2D eigenvalue weighted by molar-refractivity contribution is 6.65. The summed E-state index contributed by atoms with van der Waals surface area (Å²) in [6.45, 7) is 2.40. The maximum absolute atomic E-state index is 5.78. The molecule has 0 fully saturated rings. The number of anilines is 1. The van der Waals surface area contributed by atoms with E-state index in [9.17, 15) is 0 Å². The summed E-state index contributed by atoms with van der Waals surface area (Å²) in [6, 6.07) is 7.30. The molecule has 0 amide bonds. The van der Waals surface area contributed by atoms with Gasteiger partial charge in [-0.15, -0.1) is 0 Å². The monoisotopic (exact) mass is 258 g/mol. The molecule has 5 nitrogen and oxygen atoms in total. The Morgan fingerprint density at radius 2 is 2.00 bits per heavy atom. The predicted molar refractivity (Wildman–Crippen MR) is 67.5 cm³/mol. The summed E-state index contributed by atoms with van der Waals surface area (Å²) in [4.78, 5) is 9.42. The van der Waals surface area contributed by atoms with Crippen LogP contribution in [0.3, 0.4) is 0 Å². The van der Waals surface area contributed by atoms with Crippen molar-refractivity contribution in [3.8, 4) is 5.75 Å². The number of nitrogens with one attached hydrogen (secondary N) is 1. The van der Waals surface area contributed by atoms with Crippen molar-refractivity contribution in [2.75, 3.05) is 25.7 Å². The molecule has 1 aromatic rings. The largest absolute Gasteiger partial charge is 0.497 e. The molecule has 1 rings (SSSR count). The van der Waals surface area contributed by atoms with E-state index >= 15 is 0 Å². The Morgan fingerprint density at radius 3 is 2.59 bits per heavy atom. The van der Waals surface area contributed by atoms with Crippen molar-refractivity contribution in [3.05, 3.63) is 24.3 Å². The van der Waals surface area contributed by atoms with Gasteiger partial charge in [-0.2, -0.15) is 5.10 Å². The summed E-state index contributed by atoms with van der Waals surface area (Å²) in [5.74, 6) is 0.783. The van der Waals surface area contributed by atoms with Gasteiger partial charge in [0.25, 0.3) is 0 Å². The SMILES string of the molecule is CCOOC/C(Cl)=N/Nc1ccc(OC)cc1. The zero-order valence-electron chi connectivity index (χ0n) is 9.77. The van der Waals surface area contributed by atoms with E-state index in [1.807, 2.05) is 31.2 Å². The number of hydrazone groups is 1. The molecule has 0 bridgehead atoms. The van der Waals surface area contributed by atoms with Gasteiger partial charge in [0.2, 0.25) is 0 Å². The van der Waals surface area contributed by atoms with E-state index < -0.39 is 0 Å². The molecule has 0 radical (unpaired) electrons. The fourth-order valence-corrected chi connectivity index (χ4v) is 1.08. The quantitative estimate of drug-likeness (QED) is 0.354. The first-order chi connectivity index (χ1) is 8.26. The van der Waals surface area contributed by atoms with Crippen LogP contribution in [-0.2, 0) is 9.78 Å². The lowest BCUT2D eigenvalue weighted by molar-refractivity contribution is -0.278. The second-order valence-corrected chi connectivity index (χ2v) is 3.43. The van der Waals surface area contributed by atoms with Crippen LogP contribution in [0.5, 0.6) is 5.75 Å². The summed E-state index contributed by atoms with van der Waals surface area (Å²) < 4.78 is 5.03. The van der Waals surface area contributed by atoms with Crippen molar-refractivity contribution in [3.63, 3.8) is 0 Å². The Balaban J connectivity index is 2.39. The maximum atomic E-state index is 5.78. The predicted octanol–water partition coefficient (Wildman–Crippen LogP) is 2.63. The highest BCUT2D eigenvalue weighted by Gasteiger charge is 1.96. The molecule has 0 heterocycles. The van der Waals surface area contributed by atoms with Gasteiger partial charge in [0.1, 0.15) is 12.4 Å². The number of hydrogen-bond donors (Lipinski definition) is 1. The minimum Gasteiger partial charge on any atom is -0.497 e. The number of nitrogens with zero attached hydrogens (tertiary/aromatic N) is 1. The number of halogens is 1. The van der Waals surface area contributed by atoms with Gasteiger partial charge >= 0.3 is 0 Å². The van der Waals surface area contributed by atoms with Gasteiger partial charge in [-0.05, 0) is 31.2 Å². The normalized spacial score (nSPS) is 11.4. The summed E-state index contributed by atoms with van der Waals surface area (Å²) in [6.07, 6.45) is 0. The third-order valence-electron chi connectivity index (χ3n) is 1.78. The number of hydrogen-bond acceptors (Lipinski definition) is 5. The van der Waals surface area contributed by atoms with Crippen molar-refractivity contribution in [2.24, 2.45) is 5.10 Å². The molecule has 0 unspecified atom stereocenters. The van der Waals surface area contributed by atoms with Crippen LogP contribution in [0.2, 0.25) is 0 Å². The van der Waals surface area contributed by atoms with Crippen molar-refractivity contribution in [2.45, 2.75) is 6.92 Å². The van der Waals surface area contributed by atoms with Crippen LogP contribution in [0.4, 0.5) is 5.69 Å². The number of benzene rings is 1. The highest BCUT2D eigenvalue weighted by atomic mass is 35.5. The Hall–Kier alpha value is -1.30. The third-order valence-corrected chi connectivity index (χ3v) is 1.97. The first kappa shape index (κ1) is 13.8. The summed E-state index contributed by atoms with van der Waals surface area (Å²) in [5, 5.41) is 4.18. The average molecular weight is 259 g/mol. The molecule has 1 N–H and O–H groups in total. The number of ether oxygens (including phenoxy) is 1. The van der Waals surface area contributed by atoms with E-state index in [0.717, 1.165) is 11.4 Å². The second kappa shape index (κ2) is 7.89. The van der Waals surface area contributed by atoms with Gasteiger partial charge in [0.05, 0.1) is 19.4 Å². The van der Waals surface area contributed by atoms with E-state index in [2.05, 4.69) is 15.4 Å². The first-order valence-corrected chi connectivity index (χ1v) is 5.50. The van der Waals surface area contributed by atoms with Crippen molar-refractivity contribution in [1.82, 2.24) is 0 Å². The molecule has 94 valence electrons.